The van der Waals surface area contributed by atoms with Crippen LogP contribution in [0.4, 0.5) is 0 Å². The number of rotatable bonds is 8. The zero-order valence-corrected chi connectivity index (χ0v) is 13.7. The number of nitrogens with zero attached hydrogens (tertiary/aromatic N) is 3. The third-order valence-corrected chi connectivity index (χ3v) is 3.60. The smallest absolute Gasteiger partial charge is 0.0971 e. The lowest BCUT2D eigenvalue weighted by Gasteiger charge is -2.19. The van der Waals surface area contributed by atoms with Crippen molar-refractivity contribution in [3.63, 3.8) is 0 Å². The summed E-state index contributed by atoms with van der Waals surface area (Å²) >= 11 is 3.47. The molecular formula is C13H24BrN3O2. The Balaban J connectivity index is 2.72. The number of hydrogen-bond donors (Lipinski definition) is 1. The van der Waals surface area contributed by atoms with Crippen LogP contribution in [0.3, 0.4) is 0 Å². The Hall–Kier alpha value is -0.430. The molecule has 0 bridgehead atoms. The molecule has 0 radical (unpaired) electrons. The maximum Gasteiger partial charge on any atom is 0.0971 e. The molecule has 0 saturated heterocycles. The van der Waals surface area contributed by atoms with Gasteiger partial charge in [-0.1, -0.05) is 6.92 Å². The second-order valence-corrected chi connectivity index (χ2v) is 6.07. The van der Waals surface area contributed by atoms with Gasteiger partial charge in [0.15, 0.2) is 0 Å². The Morgan fingerprint density at radius 3 is 2.79 bits per heavy atom. The topological polar surface area (TPSA) is 50.5 Å². The molecule has 1 aromatic rings. The zero-order chi connectivity index (χ0) is 14.4. The van der Waals surface area contributed by atoms with Crippen molar-refractivity contribution in [1.82, 2.24) is 14.7 Å². The van der Waals surface area contributed by atoms with Gasteiger partial charge < -0.3 is 14.7 Å². The molecule has 2 unspecified atom stereocenters. The molecule has 6 heteroatoms. The predicted molar refractivity (Wildman–Crippen MR) is 79.1 cm³/mol. The Bertz CT molecular complexity index is 382. The van der Waals surface area contributed by atoms with Crippen molar-refractivity contribution >= 4 is 15.9 Å². The first-order valence-electron chi connectivity index (χ1n) is 6.48. The van der Waals surface area contributed by atoms with E-state index in [9.17, 15) is 5.11 Å². The Labute approximate surface area is 123 Å². The van der Waals surface area contributed by atoms with Crippen LogP contribution in [-0.2, 0) is 11.3 Å². The summed E-state index contributed by atoms with van der Waals surface area (Å²) in [5.41, 5.74) is 0.852. The van der Waals surface area contributed by atoms with E-state index in [1.54, 1.807) is 13.3 Å². The Morgan fingerprint density at radius 1 is 1.53 bits per heavy atom. The third kappa shape index (κ3) is 5.22. The first-order chi connectivity index (χ1) is 8.95. The highest BCUT2D eigenvalue weighted by Gasteiger charge is 2.20. The standard InChI is InChI=1S/C13H24BrN3O2/c1-10(9-19-4)7-12(18)13-11(14)8-15-17(13)6-5-16(2)3/h8,10,12,18H,5-7,9H2,1-4H3. The highest BCUT2D eigenvalue weighted by atomic mass is 79.9. The molecule has 1 rings (SSSR count). The lowest BCUT2D eigenvalue weighted by molar-refractivity contribution is 0.0958. The van der Waals surface area contributed by atoms with Crippen LogP contribution in [0.15, 0.2) is 10.7 Å². The molecule has 0 spiro atoms. The first-order valence-corrected chi connectivity index (χ1v) is 7.28. The SMILES string of the molecule is COCC(C)CC(O)c1c(Br)cnn1CCN(C)C. The minimum atomic E-state index is -0.524. The molecule has 0 aliphatic carbocycles. The fourth-order valence-corrected chi connectivity index (χ4v) is 2.58. The summed E-state index contributed by atoms with van der Waals surface area (Å²) in [5.74, 6) is 0.309. The summed E-state index contributed by atoms with van der Waals surface area (Å²) in [7, 11) is 5.73. The summed E-state index contributed by atoms with van der Waals surface area (Å²) in [4.78, 5) is 2.10. The molecule has 110 valence electrons. The highest BCUT2D eigenvalue weighted by molar-refractivity contribution is 9.10. The summed E-state index contributed by atoms with van der Waals surface area (Å²) in [6.45, 7) is 4.38. The molecular weight excluding hydrogens is 310 g/mol. The number of aliphatic hydroxyl groups excluding tert-OH is 1. The zero-order valence-electron chi connectivity index (χ0n) is 12.1. The molecule has 1 heterocycles. The molecule has 2 atom stereocenters. The maximum atomic E-state index is 10.4. The summed E-state index contributed by atoms with van der Waals surface area (Å²) in [5, 5.41) is 14.7. The van der Waals surface area contributed by atoms with Crippen LogP contribution >= 0.6 is 15.9 Å². The van der Waals surface area contributed by atoms with E-state index in [1.807, 2.05) is 18.8 Å². The van der Waals surface area contributed by atoms with Gasteiger partial charge in [0.2, 0.25) is 0 Å². The summed E-state index contributed by atoms with van der Waals surface area (Å²) in [6.07, 6.45) is 1.89. The lowest BCUT2D eigenvalue weighted by atomic mass is 10.0. The van der Waals surface area contributed by atoms with Gasteiger partial charge in [0.05, 0.1) is 29.0 Å². The van der Waals surface area contributed by atoms with Crippen LogP contribution in [0.25, 0.3) is 0 Å². The lowest BCUT2D eigenvalue weighted by Crippen LogP contribution is -2.21. The maximum absolute atomic E-state index is 10.4. The average molecular weight is 334 g/mol. The van der Waals surface area contributed by atoms with E-state index in [1.165, 1.54) is 0 Å². The van der Waals surface area contributed by atoms with Crippen molar-refractivity contribution in [3.8, 4) is 0 Å². The van der Waals surface area contributed by atoms with Crippen LogP contribution in [0.5, 0.6) is 0 Å². The van der Waals surface area contributed by atoms with Gasteiger partial charge >= 0.3 is 0 Å². The van der Waals surface area contributed by atoms with Crippen LogP contribution < -0.4 is 0 Å². The number of aliphatic hydroxyl groups is 1. The van der Waals surface area contributed by atoms with Crippen molar-refractivity contribution in [1.29, 1.82) is 0 Å². The van der Waals surface area contributed by atoms with Gasteiger partial charge in [0.1, 0.15) is 0 Å². The van der Waals surface area contributed by atoms with Gasteiger partial charge in [-0.3, -0.25) is 4.68 Å². The molecule has 19 heavy (non-hydrogen) atoms. The molecule has 0 aliphatic heterocycles. The minimum absolute atomic E-state index is 0.309. The van der Waals surface area contributed by atoms with Crippen molar-refractivity contribution in [3.05, 3.63) is 16.4 Å². The summed E-state index contributed by atoms with van der Waals surface area (Å²) in [6, 6.07) is 0. The van der Waals surface area contributed by atoms with E-state index in [2.05, 4.69) is 32.9 Å². The monoisotopic (exact) mass is 333 g/mol. The van der Waals surface area contributed by atoms with Gasteiger partial charge in [-0.2, -0.15) is 5.10 Å². The van der Waals surface area contributed by atoms with Gasteiger partial charge in [-0.05, 0) is 42.4 Å². The number of halogens is 1. The van der Waals surface area contributed by atoms with E-state index in [4.69, 9.17) is 4.74 Å². The average Bonchev–Trinajstić information content (AvgIpc) is 2.68. The molecule has 1 aromatic heterocycles. The molecule has 0 aromatic carbocycles. The van der Waals surface area contributed by atoms with E-state index >= 15 is 0 Å². The van der Waals surface area contributed by atoms with Crippen LogP contribution in [-0.4, -0.2) is 54.1 Å². The van der Waals surface area contributed by atoms with Crippen LogP contribution in [0.2, 0.25) is 0 Å². The second-order valence-electron chi connectivity index (χ2n) is 5.22. The molecule has 0 amide bonds. The normalized spacial score (nSPS) is 14.9. The Morgan fingerprint density at radius 2 is 2.21 bits per heavy atom. The van der Waals surface area contributed by atoms with E-state index in [0.717, 1.165) is 23.3 Å². The fourth-order valence-electron chi connectivity index (χ4n) is 2.02. The van der Waals surface area contributed by atoms with Gasteiger partial charge in [0, 0.05) is 20.3 Å². The van der Waals surface area contributed by atoms with E-state index < -0.39 is 6.10 Å². The molecule has 0 saturated carbocycles. The molecule has 0 aliphatic rings. The molecule has 5 nitrogen and oxygen atoms in total. The fraction of sp³-hybridized carbons (Fsp3) is 0.769. The van der Waals surface area contributed by atoms with Gasteiger partial charge in [0.25, 0.3) is 0 Å². The highest BCUT2D eigenvalue weighted by Crippen LogP contribution is 2.28. The van der Waals surface area contributed by atoms with E-state index in [-0.39, 0.29) is 0 Å². The Kier molecular flexibility index (Phi) is 6.99. The van der Waals surface area contributed by atoms with Gasteiger partial charge in [-0.25, -0.2) is 0 Å². The van der Waals surface area contributed by atoms with Crippen LogP contribution in [0, 0.1) is 5.92 Å². The molecule has 1 N–H and O–H groups in total. The molecule has 0 fully saturated rings. The second kappa shape index (κ2) is 7.99. The van der Waals surface area contributed by atoms with Gasteiger partial charge in [-0.15, -0.1) is 0 Å². The number of hydrogen-bond acceptors (Lipinski definition) is 4. The van der Waals surface area contributed by atoms with Crippen molar-refractivity contribution in [2.24, 2.45) is 5.92 Å². The van der Waals surface area contributed by atoms with Crippen LogP contribution in [0.1, 0.15) is 25.1 Å². The third-order valence-electron chi connectivity index (χ3n) is 2.98. The quantitative estimate of drug-likeness (QED) is 0.789. The number of ether oxygens (including phenoxy) is 1. The van der Waals surface area contributed by atoms with Crippen molar-refractivity contribution in [2.45, 2.75) is 26.0 Å². The van der Waals surface area contributed by atoms with Crippen molar-refractivity contribution in [2.75, 3.05) is 34.4 Å². The summed E-state index contributed by atoms with van der Waals surface area (Å²) < 4.78 is 7.84. The minimum Gasteiger partial charge on any atom is -0.387 e. The van der Waals surface area contributed by atoms with E-state index in [0.29, 0.717) is 18.9 Å². The predicted octanol–water partition coefficient (Wildman–Crippen LogP) is 1.91. The number of methoxy groups -OCH3 is 1. The first kappa shape index (κ1) is 16.6. The number of aromatic nitrogens is 2. The van der Waals surface area contributed by atoms with Crippen molar-refractivity contribution < 1.29 is 9.84 Å². The number of likely N-dealkylation sites (N-methyl/N-ethyl adjacent to an activating group) is 1. The largest absolute Gasteiger partial charge is 0.387 e.